The molecule has 9 heteroatoms. The predicted octanol–water partition coefficient (Wildman–Crippen LogP) is 3.17. The van der Waals surface area contributed by atoms with E-state index in [4.69, 9.17) is 11.6 Å². The Labute approximate surface area is 176 Å². The number of aryl methyl sites for hydroxylation is 1. The molecule has 1 fully saturated rings. The van der Waals surface area contributed by atoms with E-state index in [1.165, 1.54) is 4.90 Å². The minimum atomic E-state index is -0.931. The Morgan fingerprint density at radius 3 is 2.63 bits per heavy atom. The fraction of sp³-hybridized carbons (Fsp3) is 0.286. The molecule has 2 aliphatic heterocycles. The van der Waals surface area contributed by atoms with Crippen molar-refractivity contribution in [2.45, 2.75) is 25.8 Å². The van der Waals surface area contributed by atoms with Crippen LogP contribution in [0.2, 0.25) is 5.02 Å². The molecule has 2 heterocycles. The van der Waals surface area contributed by atoms with Crippen LogP contribution in [0.15, 0.2) is 30.3 Å². The molecule has 2 aromatic rings. The fourth-order valence-corrected chi connectivity index (χ4v) is 3.95. The van der Waals surface area contributed by atoms with Crippen molar-refractivity contribution in [2.75, 3.05) is 16.8 Å². The summed E-state index contributed by atoms with van der Waals surface area (Å²) in [5.41, 5.74) is 2.00. The average Bonchev–Trinajstić information content (AvgIpc) is 3.08. The number of nitrogens with zero attached hydrogens (tertiary/aromatic N) is 1. The summed E-state index contributed by atoms with van der Waals surface area (Å²) in [6, 6.07) is 7.24. The number of rotatable bonds is 4. The van der Waals surface area contributed by atoms with Crippen molar-refractivity contribution in [1.29, 1.82) is 0 Å². The Morgan fingerprint density at radius 1 is 1.17 bits per heavy atom. The first-order valence-electron chi connectivity index (χ1n) is 9.49. The monoisotopic (exact) mass is 433 g/mol. The van der Waals surface area contributed by atoms with E-state index in [-0.39, 0.29) is 28.9 Å². The molecule has 2 N–H and O–H groups in total. The molecule has 0 bridgehead atoms. The summed E-state index contributed by atoms with van der Waals surface area (Å²) in [5, 5.41) is 5.15. The third kappa shape index (κ3) is 3.87. The molecular weight excluding hydrogens is 416 g/mol. The molecule has 156 valence electrons. The predicted molar refractivity (Wildman–Crippen MR) is 107 cm³/mol. The van der Waals surface area contributed by atoms with Crippen LogP contribution >= 0.6 is 11.6 Å². The number of hydrogen-bond acceptors (Lipinski definition) is 3. The SMILES string of the molecule is O=C1CCc2cc(N3CCC(C(=O)NCc4c(F)cc(Cl)cc4F)C3=O)ccc2N1. The molecule has 1 saturated heterocycles. The lowest BCUT2D eigenvalue weighted by Crippen LogP contribution is -2.37. The molecule has 0 radical (unpaired) electrons. The van der Waals surface area contributed by atoms with Crippen molar-refractivity contribution in [3.05, 3.63) is 58.1 Å². The van der Waals surface area contributed by atoms with Crippen LogP contribution < -0.4 is 15.5 Å². The fourth-order valence-electron chi connectivity index (χ4n) is 3.76. The highest BCUT2D eigenvalue weighted by molar-refractivity contribution is 6.30. The van der Waals surface area contributed by atoms with Gasteiger partial charge in [0.25, 0.3) is 0 Å². The molecule has 2 aromatic carbocycles. The first kappa shape index (κ1) is 20.3. The van der Waals surface area contributed by atoms with Crippen molar-refractivity contribution in [1.82, 2.24) is 5.32 Å². The van der Waals surface area contributed by atoms with Crippen LogP contribution in [0.3, 0.4) is 0 Å². The van der Waals surface area contributed by atoms with Crippen molar-refractivity contribution in [3.8, 4) is 0 Å². The van der Waals surface area contributed by atoms with Gasteiger partial charge in [-0.2, -0.15) is 0 Å². The zero-order valence-electron chi connectivity index (χ0n) is 15.8. The minimum Gasteiger partial charge on any atom is -0.351 e. The zero-order valence-corrected chi connectivity index (χ0v) is 16.6. The summed E-state index contributed by atoms with van der Waals surface area (Å²) in [6.45, 7) is -0.0261. The number of carbonyl (C=O) groups is 3. The number of nitrogens with one attached hydrogen (secondary N) is 2. The summed E-state index contributed by atoms with van der Waals surface area (Å²) in [7, 11) is 0. The van der Waals surface area contributed by atoms with Gasteiger partial charge in [-0.3, -0.25) is 14.4 Å². The lowest BCUT2D eigenvalue weighted by molar-refractivity contribution is -0.132. The Hall–Kier alpha value is -3.00. The summed E-state index contributed by atoms with van der Waals surface area (Å²) in [6.07, 6.45) is 1.26. The number of anilines is 2. The van der Waals surface area contributed by atoms with E-state index in [1.807, 2.05) is 6.07 Å². The van der Waals surface area contributed by atoms with Crippen LogP contribution in [-0.2, 0) is 27.3 Å². The lowest BCUT2D eigenvalue weighted by atomic mass is 10.0. The van der Waals surface area contributed by atoms with E-state index in [1.54, 1.807) is 12.1 Å². The molecule has 0 aliphatic carbocycles. The van der Waals surface area contributed by atoms with Gasteiger partial charge in [0, 0.05) is 41.5 Å². The highest BCUT2D eigenvalue weighted by Crippen LogP contribution is 2.31. The van der Waals surface area contributed by atoms with Gasteiger partial charge in [-0.1, -0.05) is 11.6 Å². The number of amides is 3. The van der Waals surface area contributed by atoms with Crippen LogP contribution in [0.25, 0.3) is 0 Å². The van der Waals surface area contributed by atoms with Gasteiger partial charge < -0.3 is 15.5 Å². The van der Waals surface area contributed by atoms with Crippen LogP contribution in [0, 0.1) is 17.6 Å². The topological polar surface area (TPSA) is 78.5 Å². The second-order valence-corrected chi connectivity index (χ2v) is 7.72. The van der Waals surface area contributed by atoms with Crippen molar-refractivity contribution >= 4 is 40.7 Å². The second kappa shape index (κ2) is 8.02. The first-order chi connectivity index (χ1) is 14.3. The Balaban J connectivity index is 1.43. The molecule has 0 spiro atoms. The number of fused-ring (bicyclic) bond motifs is 1. The van der Waals surface area contributed by atoms with Crippen LogP contribution in [0.1, 0.15) is 24.0 Å². The van der Waals surface area contributed by atoms with Gasteiger partial charge in [0.1, 0.15) is 17.6 Å². The number of hydrogen-bond donors (Lipinski definition) is 2. The molecule has 4 rings (SSSR count). The van der Waals surface area contributed by atoms with Crippen molar-refractivity contribution in [2.24, 2.45) is 5.92 Å². The van der Waals surface area contributed by atoms with E-state index < -0.39 is 23.5 Å². The highest BCUT2D eigenvalue weighted by Gasteiger charge is 2.38. The maximum Gasteiger partial charge on any atom is 0.239 e. The van der Waals surface area contributed by atoms with Gasteiger partial charge in [-0.05, 0) is 48.7 Å². The molecule has 30 heavy (non-hydrogen) atoms. The summed E-state index contributed by atoms with van der Waals surface area (Å²) >= 11 is 5.60. The van der Waals surface area contributed by atoms with Crippen molar-refractivity contribution < 1.29 is 23.2 Å². The summed E-state index contributed by atoms with van der Waals surface area (Å²) in [4.78, 5) is 38.3. The van der Waals surface area contributed by atoms with E-state index in [0.717, 1.165) is 23.4 Å². The van der Waals surface area contributed by atoms with Crippen LogP contribution in [-0.4, -0.2) is 24.3 Å². The van der Waals surface area contributed by atoms with Gasteiger partial charge in [-0.25, -0.2) is 8.78 Å². The van der Waals surface area contributed by atoms with Gasteiger partial charge in [0.05, 0.1) is 0 Å². The normalized spacial score (nSPS) is 18.2. The van der Waals surface area contributed by atoms with Gasteiger partial charge >= 0.3 is 0 Å². The molecular formula is C21H18ClF2N3O3. The molecule has 0 aromatic heterocycles. The van der Waals surface area contributed by atoms with E-state index in [0.29, 0.717) is 31.5 Å². The second-order valence-electron chi connectivity index (χ2n) is 7.29. The lowest BCUT2D eigenvalue weighted by Gasteiger charge is -2.22. The largest absolute Gasteiger partial charge is 0.351 e. The highest BCUT2D eigenvalue weighted by atomic mass is 35.5. The quantitative estimate of drug-likeness (QED) is 0.727. The Kier molecular flexibility index (Phi) is 5.42. The van der Waals surface area contributed by atoms with Gasteiger partial charge in [0.15, 0.2) is 0 Å². The molecule has 1 atom stereocenters. The van der Waals surface area contributed by atoms with Crippen LogP contribution in [0.5, 0.6) is 0 Å². The standard InChI is InChI=1S/C21H18ClF2N3O3/c22-12-8-16(23)15(17(24)9-12)10-25-20(29)14-5-6-27(21(14)30)13-2-3-18-11(7-13)1-4-19(28)26-18/h2-3,7-9,14H,1,4-6,10H2,(H,25,29)(H,26,28). The average molecular weight is 434 g/mol. The van der Waals surface area contributed by atoms with E-state index in [2.05, 4.69) is 10.6 Å². The van der Waals surface area contributed by atoms with Gasteiger partial charge in [0.2, 0.25) is 17.7 Å². The maximum atomic E-state index is 13.9. The smallest absolute Gasteiger partial charge is 0.239 e. The summed E-state index contributed by atoms with van der Waals surface area (Å²) < 4.78 is 27.8. The van der Waals surface area contributed by atoms with E-state index in [9.17, 15) is 23.2 Å². The molecule has 0 saturated carbocycles. The van der Waals surface area contributed by atoms with Gasteiger partial charge in [-0.15, -0.1) is 0 Å². The third-order valence-corrected chi connectivity index (χ3v) is 5.58. The Bertz CT molecular complexity index is 1040. The molecule has 2 aliphatic rings. The molecule has 1 unspecified atom stereocenters. The first-order valence-corrected chi connectivity index (χ1v) is 9.86. The number of benzene rings is 2. The van der Waals surface area contributed by atoms with Crippen LogP contribution in [0.4, 0.5) is 20.2 Å². The third-order valence-electron chi connectivity index (χ3n) is 5.36. The number of carbonyl (C=O) groups excluding carboxylic acids is 3. The molecule has 6 nitrogen and oxygen atoms in total. The summed E-state index contributed by atoms with van der Waals surface area (Å²) in [5.74, 6) is -3.65. The zero-order chi connectivity index (χ0) is 21.4. The Morgan fingerprint density at radius 2 is 1.90 bits per heavy atom. The van der Waals surface area contributed by atoms with Crippen molar-refractivity contribution in [3.63, 3.8) is 0 Å². The maximum absolute atomic E-state index is 13.9. The number of halogens is 3. The minimum absolute atomic E-state index is 0.0437. The molecule has 3 amide bonds. The van der Waals surface area contributed by atoms with E-state index >= 15 is 0 Å².